The summed E-state index contributed by atoms with van der Waals surface area (Å²) >= 11 is 6.02. The number of benzene rings is 1. The van der Waals surface area contributed by atoms with Crippen molar-refractivity contribution >= 4 is 17.5 Å². The topological polar surface area (TPSA) is 73.1 Å². The van der Waals surface area contributed by atoms with Gasteiger partial charge < -0.3 is 9.64 Å². The van der Waals surface area contributed by atoms with Crippen LogP contribution in [0.5, 0.6) is 5.88 Å². The van der Waals surface area contributed by atoms with Gasteiger partial charge in [-0.15, -0.1) is 4.80 Å². The van der Waals surface area contributed by atoms with E-state index in [1.165, 1.54) is 30.6 Å². The first-order chi connectivity index (χ1) is 16.2. The number of rotatable bonds is 4. The van der Waals surface area contributed by atoms with E-state index in [-0.39, 0.29) is 34.1 Å². The van der Waals surface area contributed by atoms with Crippen LogP contribution < -0.4 is 4.74 Å². The van der Waals surface area contributed by atoms with Gasteiger partial charge in [-0.2, -0.15) is 23.4 Å². The molecule has 2 bridgehead atoms. The van der Waals surface area contributed by atoms with E-state index in [9.17, 15) is 22.4 Å². The van der Waals surface area contributed by atoms with Crippen molar-refractivity contribution in [2.24, 2.45) is 5.92 Å². The molecule has 7 nitrogen and oxygen atoms in total. The standard InChI is InChI=1S/C22H18ClF4N5O2/c23-15-9-13(22(25,26)27)10-28-20(15)34-18-8-12-4-5-17(18)31(11-12)21(33)14-2-1-3-16(24)19(14)32-29-6-7-30-32/h1-3,6-7,9-10,12,17-18H,4-5,8,11H2/t12-,17+,18-/m1/s1. The van der Waals surface area contributed by atoms with Crippen LogP contribution in [-0.2, 0) is 6.18 Å². The number of carbonyl (C=O) groups excluding carboxylic acids is 1. The lowest BCUT2D eigenvalue weighted by Crippen LogP contribution is -2.59. The Labute approximate surface area is 196 Å². The van der Waals surface area contributed by atoms with Gasteiger partial charge in [-0.1, -0.05) is 17.7 Å². The number of carbonyl (C=O) groups is 1. The molecule has 3 aliphatic rings. The maximum absolute atomic E-state index is 14.7. The number of aromatic nitrogens is 4. The zero-order chi connectivity index (χ0) is 24.0. The summed E-state index contributed by atoms with van der Waals surface area (Å²) in [5, 5.41) is 7.65. The summed E-state index contributed by atoms with van der Waals surface area (Å²) < 4.78 is 59.3. The molecule has 3 atom stereocenters. The van der Waals surface area contributed by atoms with Gasteiger partial charge in [-0.3, -0.25) is 4.79 Å². The molecule has 4 heterocycles. The van der Waals surface area contributed by atoms with Crippen molar-refractivity contribution in [2.75, 3.05) is 6.54 Å². The smallest absolute Gasteiger partial charge is 0.417 e. The number of fused-ring (bicyclic) bond motifs is 3. The lowest BCUT2D eigenvalue weighted by Gasteiger charge is -2.49. The van der Waals surface area contributed by atoms with Crippen LogP contribution in [0.1, 0.15) is 35.2 Å². The lowest BCUT2D eigenvalue weighted by atomic mass is 9.77. The zero-order valence-corrected chi connectivity index (χ0v) is 18.3. The summed E-state index contributed by atoms with van der Waals surface area (Å²) in [6.07, 6.45) is 0.448. The summed E-state index contributed by atoms with van der Waals surface area (Å²) in [5.74, 6) is -1.04. The van der Waals surface area contributed by atoms with Gasteiger partial charge in [0, 0.05) is 12.7 Å². The first kappa shape index (κ1) is 22.6. The molecule has 1 aliphatic carbocycles. The Balaban J connectivity index is 1.42. The number of alkyl halides is 3. The molecule has 0 N–H and O–H groups in total. The first-order valence-corrected chi connectivity index (χ1v) is 11.0. The van der Waals surface area contributed by atoms with E-state index in [1.807, 2.05) is 0 Å². The van der Waals surface area contributed by atoms with Crippen molar-refractivity contribution in [2.45, 2.75) is 37.6 Å². The molecule has 2 aromatic heterocycles. The largest absolute Gasteiger partial charge is 0.471 e. The molecule has 0 spiro atoms. The molecule has 1 aromatic carbocycles. The number of ether oxygens (including phenoxy) is 1. The second-order valence-corrected chi connectivity index (χ2v) is 8.73. The molecule has 178 valence electrons. The van der Waals surface area contributed by atoms with Crippen molar-refractivity contribution in [1.29, 1.82) is 0 Å². The minimum absolute atomic E-state index is 0.0520. The monoisotopic (exact) mass is 495 g/mol. The van der Waals surface area contributed by atoms with E-state index >= 15 is 0 Å². The van der Waals surface area contributed by atoms with Gasteiger partial charge in [-0.05, 0) is 43.4 Å². The molecule has 12 heteroatoms. The highest BCUT2D eigenvalue weighted by atomic mass is 35.5. The van der Waals surface area contributed by atoms with Crippen LogP contribution in [0.2, 0.25) is 5.02 Å². The quantitative estimate of drug-likeness (QED) is 0.497. The third kappa shape index (κ3) is 4.08. The fourth-order valence-corrected chi connectivity index (χ4v) is 4.89. The first-order valence-electron chi connectivity index (χ1n) is 10.6. The Morgan fingerprint density at radius 3 is 2.62 bits per heavy atom. The van der Waals surface area contributed by atoms with Gasteiger partial charge in [0.1, 0.15) is 16.8 Å². The molecule has 0 unspecified atom stereocenters. The van der Waals surface area contributed by atoms with E-state index in [2.05, 4.69) is 15.2 Å². The van der Waals surface area contributed by atoms with Crippen molar-refractivity contribution in [3.05, 3.63) is 64.8 Å². The molecule has 6 rings (SSSR count). The summed E-state index contributed by atoms with van der Waals surface area (Å²) in [5.41, 5.74) is -0.922. The maximum Gasteiger partial charge on any atom is 0.417 e. The van der Waals surface area contributed by atoms with Crippen LogP contribution in [-0.4, -0.2) is 49.5 Å². The molecule has 34 heavy (non-hydrogen) atoms. The summed E-state index contributed by atoms with van der Waals surface area (Å²) in [6, 6.07) is 4.57. The van der Waals surface area contributed by atoms with E-state index in [1.54, 1.807) is 4.90 Å². The minimum atomic E-state index is -4.58. The number of halogens is 5. The number of para-hydroxylation sites is 1. The maximum atomic E-state index is 14.7. The number of nitrogens with zero attached hydrogens (tertiary/aromatic N) is 5. The van der Waals surface area contributed by atoms with E-state index < -0.39 is 29.6 Å². The molecular formula is C22H18ClF4N5O2. The lowest BCUT2D eigenvalue weighted by molar-refractivity contribution is -0.137. The normalized spacial score (nSPS) is 22.1. The van der Waals surface area contributed by atoms with Gasteiger partial charge in [0.05, 0.1) is 29.6 Å². The molecule has 3 fully saturated rings. The van der Waals surface area contributed by atoms with Crippen molar-refractivity contribution < 1.29 is 27.1 Å². The Hall–Kier alpha value is -3.21. The van der Waals surface area contributed by atoms with Crippen LogP contribution in [0.15, 0.2) is 42.9 Å². The predicted molar refractivity (Wildman–Crippen MR) is 112 cm³/mol. The van der Waals surface area contributed by atoms with Crippen molar-refractivity contribution in [3.8, 4) is 11.6 Å². The molecule has 2 aliphatic heterocycles. The summed E-state index contributed by atoms with van der Waals surface area (Å²) in [4.78, 5) is 20.0. The van der Waals surface area contributed by atoms with Crippen LogP contribution in [0.4, 0.5) is 17.6 Å². The second-order valence-electron chi connectivity index (χ2n) is 8.32. The highest BCUT2D eigenvalue weighted by Crippen LogP contribution is 2.40. The van der Waals surface area contributed by atoms with Gasteiger partial charge in [0.2, 0.25) is 5.88 Å². The molecule has 1 amide bonds. The number of hydrogen-bond acceptors (Lipinski definition) is 5. The van der Waals surface area contributed by atoms with E-state index in [0.717, 1.165) is 17.3 Å². The Morgan fingerprint density at radius 2 is 1.94 bits per heavy atom. The SMILES string of the molecule is O=C(c1cccc(F)c1-n1nccn1)N1C[C@@H]2CC[C@H]1[C@H](Oc1ncc(C(F)(F)F)cc1Cl)C2. The highest BCUT2D eigenvalue weighted by Gasteiger charge is 2.45. The minimum Gasteiger partial charge on any atom is -0.471 e. The number of hydrogen-bond donors (Lipinski definition) is 0. The van der Waals surface area contributed by atoms with Gasteiger partial charge in [0.15, 0.2) is 5.82 Å². The van der Waals surface area contributed by atoms with Crippen LogP contribution in [0.25, 0.3) is 5.69 Å². The second kappa shape index (κ2) is 8.53. The van der Waals surface area contributed by atoms with Gasteiger partial charge in [0.25, 0.3) is 5.91 Å². The van der Waals surface area contributed by atoms with Crippen LogP contribution in [0.3, 0.4) is 0 Å². The van der Waals surface area contributed by atoms with Crippen molar-refractivity contribution in [1.82, 2.24) is 24.9 Å². The van der Waals surface area contributed by atoms with E-state index in [4.69, 9.17) is 16.3 Å². The molecule has 3 aromatic rings. The third-order valence-corrected chi connectivity index (χ3v) is 6.49. The number of pyridine rings is 1. The molecule has 2 saturated heterocycles. The Morgan fingerprint density at radius 1 is 1.18 bits per heavy atom. The number of amides is 1. The Bertz CT molecular complexity index is 1220. The highest BCUT2D eigenvalue weighted by molar-refractivity contribution is 6.31. The summed E-state index contributed by atoms with van der Waals surface area (Å²) in [7, 11) is 0. The predicted octanol–water partition coefficient (Wildman–Crippen LogP) is 4.55. The fraction of sp³-hybridized carbons (Fsp3) is 0.364. The third-order valence-electron chi connectivity index (χ3n) is 6.22. The van der Waals surface area contributed by atoms with Gasteiger partial charge >= 0.3 is 6.18 Å². The van der Waals surface area contributed by atoms with E-state index in [0.29, 0.717) is 25.6 Å². The van der Waals surface area contributed by atoms with Crippen LogP contribution >= 0.6 is 11.6 Å². The molecule has 0 radical (unpaired) electrons. The average molecular weight is 496 g/mol. The van der Waals surface area contributed by atoms with Gasteiger partial charge in [-0.25, -0.2) is 9.37 Å². The fourth-order valence-electron chi connectivity index (χ4n) is 4.68. The summed E-state index contributed by atoms with van der Waals surface area (Å²) in [6.45, 7) is 0.458. The number of piperidine rings is 2. The van der Waals surface area contributed by atoms with Crippen LogP contribution in [0, 0.1) is 11.7 Å². The molecular weight excluding hydrogens is 478 g/mol. The molecule has 1 saturated carbocycles. The Kier molecular flexibility index (Phi) is 5.67. The zero-order valence-electron chi connectivity index (χ0n) is 17.5. The average Bonchev–Trinajstić information content (AvgIpc) is 3.34. The van der Waals surface area contributed by atoms with Crippen molar-refractivity contribution in [3.63, 3.8) is 0 Å².